The topological polar surface area (TPSA) is 80.3 Å². The van der Waals surface area contributed by atoms with Gasteiger partial charge in [0.25, 0.3) is 0 Å². The Labute approximate surface area is 204 Å². The number of hydrogen-bond acceptors (Lipinski definition) is 7. The van der Waals surface area contributed by atoms with Crippen LogP contribution in [0.3, 0.4) is 0 Å². The van der Waals surface area contributed by atoms with Crippen molar-refractivity contribution in [2.45, 2.75) is 20.5 Å². The molecule has 0 saturated carbocycles. The van der Waals surface area contributed by atoms with Gasteiger partial charge in [-0.3, -0.25) is 0 Å². The van der Waals surface area contributed by atoms with Gasteiger partial charge in [0.1, 0.15) is 41.8 Å². The number of esters is 2. The first kappa shape index (κ1) is 25.4. The highest BCUT2D eigenvalue weighted by Crippen LogP contribution is 2.27. The van der Waals surface area contributed by atoms with Crippen molar-refractivity contribution in [3.8, 4) is 23.0 Å². The molecule has 0 aliphatic carbocycles. The van der Waals surface area contributed by atoms with E-state index in [1.807, 2.05) is 26.0 Å². The second kappa shape index (κ2) is 12.8. The van der Waals surface area contributed by atoms with Crippen LogP contribution in [0.25, 0.3) is 0 Å². The van der Waals surface area contributed by atoms with Crippen LogP contribution in [0.5, 0.6) is 23.0 Å². The van der Waals surface area contributed by atoms with Crippen LogP contribution in [-0.2, 0) is 11.3 Å². The average Bonchev–Trinajstić information content (AvgIpc) is 2.88. The molecule has 182 valence electrons. The molecule has 0 amide bonds. The summed E-state index contributed by atoms with van der Waals surface area (Å²) in [6.07, 6.45) is 1.66. The highest BCUT2D eigenvalue weighted by Gasteiger charge is 2.18. The van der Waals surface area contributed by atoms with Gasteiger partial charge in [0.05, 0.1) is 18.8 Å². The Morgan fingerprint density at radius 1 is 0.771 bits per heavy atom. The molecule has 0 aliphatic heterocycles. The van der Waals surface area contributed by atoms with Crippen molar-refractivity contribution >= 4 is 11.9 Å². The zero-order chi connectivity index (χ0) is 25.0. The Bertz CT molecular complexity index is 1130. The summed E-state index contributed by atoms with van der Waals surface area (Å²) in [5, 5.41) is 0. The summed E-state index contributed by atoms with van der Waals surface area (Å²) in [7, 11) is 0. The number of benzene rings is 3. The van der Waals surface area contributed by atoms with Crippen molar-refractivity contribution in [1.29, 1.82) is 0 Å². The summed E-state index contributed by atoms with van der Waals surface area (Å²) in [4.78, 5) is 25.4. The van der Waals surface area contributed by atoms with Crippen LogP contribution < -0.4 is 18.9 Å². The lowest BCUT2D eigenvalue weighted by atomic mass is 10.1. The van der Waals surface area contributed by atoms with Crippen LogP contribution in [0.4, 0.5) is 0 Å². The molecule has 3 rings (SSSR count). The van der Waals surface area contributed by atoms with Crippen LogP contribution in [0.1, 0.15) is 40.1 Å². The summed E-state index contributed by atoms with van der Waals surface area (Å²) >= 11 is 0. The molecule has 7 nitrogen and oxygen atoms in total. The lowest BCUT2D eigenvalue weighted by molar-refractivity contribution is 0.0466. The van der Waals surface area contributed by atoms with Gasteiger partial charge in [-0.05, 0) is 74.0 Å². The maximum absolute atomic E-state index is 12.8. The van der Waals surface area contributed by atoms with E-state index in [-0.39, 0.29) is 17.9 Å². The molecule has 0 heterocycles. The predicted octanol–water partition coefficient (Wildman–Crippen LogP) is 5.63. The van der Waals surface area contributed by atoms with Gasteiger partial charge in [-0.2, -0.15) is 0 Å². The second-order valence-corrected chi connectivity index (χ2v) is 7.26. The number of hydrogen-bond donors (Lipinski definition) is 0. The van der Waals surface area contributed by atoms with Gasteiger partial charge in [-0.15, -0.1) is 0 Å². The van der Waals surface area contributed by atoms with Gasteiger partial charge in [0.15, 0.2) is 0 Å². The van der Waals surface area contributed by atoms with Crippen LogP contribution in [0.2, 0.25) is 0 Å². The van der Waals surface area contributed by atoms with Crippen LogP contribution in [-0.4, -0.2) is 31.8 Å². The molecule has 0 saturated heterocycles. The molecule has 7 heteroatoms. The molecule has 0 aliphatic rings. The summed E-state index contributed by atoms with van der Waals surface area (Å²) in [6.45, 7) is 8.66. The van der Waals surface area contributed by atoms with Crippen molar-refractivity contribution in [2.24, 2.45) is 0 Å². The van der Waals surface area contributed by atoms with E-state index in [9.17, 15) is 9.59 Å². The Hall–Kier alpha value is -4.26. The van der Waals surface area contributed by atoms with E-state index in [0.717, 1.165) is 5.56 Å². The quantitative estimate of drug-likeness (QED) is 0.191. The molecule has 0 radical (unpaired) electrons. The molecule has 3 aromatic rings. The molecule has 0 atom stereocenters. The fourth-order valence-corrected chi connectivity index (χ4v) is 3.10. The normalized spacial score (nSPS) is 10.2. The second-order valence-electron chi connectivity index (χ2n) is 7.26. The van der Waals surface area contributed by atoms with Crippen molar-refractivity contribution in [3.63, 3.8) is 0 Å². The molecule has 0 unspecified atom stereocenters. The third kappa shape index (κ3) is 7.37. The van der Waals surface area contributed by atoms with E-state index >= 15 is 0 Å². The van der Waals surface area contributed by atoms with Crippen molar-refractivity contribution in [3.05, 3.63) is 96.1 Å². The molecular formula is C28H28O7. The van der Waals surface area contributed by atoms with E-state index in [1.54, 1.807) is 54.6 Å². The third-order valence-corrected chi connectivity index (χ3v) is 4.74. The largest absolute Gasteiger partial charge is 0.494 e. The Balaban J connectivity index is 1.68. The van der Waals surface area contributed by atoms with Crippen molar-refractivity contribution in [1.82, 2.24) is 0 Å². The standard InChI is InChI=1S/C28H28O7/c1-4-17-33-23-11-7-20(8-12-23)19-34-28(30)25-18-24(15-16-26(25)32-6-3)35-27(29)21-9-13-22(14-10-21)31-5-2/h4,7-16,18H,1,5-6,17,19H2,2-3H3. The van der Waals surface area contributed by atoms with Crippen molar-refractivity contribution in [2.75, 3.05) is 19.8 Å². The van der Waals surface area contributed by atoms with Gasteiger partial charge < -0.3 is 23.7 Å². The molecule has 3 aromatic carbocycles. The lowest BCUT2D eigenvalue weighted by Gasteiger charge is -2.13. The molecule has 35 heavy (non-hydrogen) atoms. The van der Waals surface area contributed by atoms with E-state index in [2.05, 4.69) is 6.58 Å². The summed E-state index contributed by atoms with van der Waals surface area (Å²) in [6, 6.07) is 18.4. The van der Waals surface area contributed by atoms with Crippen LogP contribution in [0, 0.1) is 0 Å². The van der Waals surface area contributed by atoms with Gasteiger partial charge in [-0.1, -0.05) is 24.8 Å². The molecule has 0 N–H and O–H groups in total. The Morgan fingerprint density at radius 2 is 1.40 bits per heavy atom. The van der Waals surface area contributed by atoms with E-state index in [4.69, 9.17) is 23.7 Å². The minimum atomic E-state index is -0.598. The van der Waals surface area contributed by atoms with Crippen molar-refractivity contribution < 1.29 is 33.3 Å². The number of rotatable bonds is 12. The highest BCUT2D eigenvalue weighted by atomic mass is 16.5. The molecule has 0 spiro atoms. The fourth-order valence-electron chi connectivity index (χ4n) is 3.10. The van der Waals surface area contributed by atoms with Crippen LogP contribution >= 0.6 is 0 Å². The lowest BCUT2D eigenvalue weighted by Crippen LogP contribution is -2.11. The first-order valence-corrected chi connectivity index (χ1v) is 11.3. The van der Waals surface area contributed by atoms with E-state index in [1.165, 1.54) is 6.07 Å². The summed E-state index contributed by atoms with van der Waals surface area (Å²) < 4.78 is 27.3. The van der Waals surface area contributed by atoms with Gasteiger partial charge >= 0.3 is 11.9 Å². The number of ether oxygens (including phenoxy) is 5. The molecular weight excluding hydrogens is 448 g/mol. The number of carbonyl (C=O) groups excluding carboxylic acids is 2. The Kier molecular flexibility index (Phi) is 9.31. The molecule has 0 bridgehead atoms. The highest BCUT2D eigenvalue weighted by molar-refractivity contribution is 5.94. The van der Waals surface area contributed by atoms with Gasteiger partial charge in [-0.25, -0.2) is 9.59 Å². The van der Waals surface area contributed by atoms with Gasteiger partial charge in [0, 0.05) is 0 Å². The fraction of sp³-hybridized carbons (Fsp3) is 0.214. The maximum atomic E-state index is 12.8. The molecule has 0 fully saturated rings. The zero-order valence-corrected chi connectivity index (χ0v) is 19.8. The van der Waals surface area contributed by atoms with Crippen LogP contribution in [0.15, 0.2) is 79.4 Å². The summed E-state index contributed by atoms with van der Waals surface area (Å²) in [5.74, 6) is 0.735. The minimum Gasteiger partial charge on any atom is -0.494 e. The molecule has 0 aromatic heterocycles. The monoisotopic (exact) mass is 476 g/mol. The first-order chi connectivity index (χ1) is 17.0. The van der Waals surface area contributed by atoms with Gasteiger partial charge in [0.2, 0.25) is 0 Å². The summed E-state index contributed by atoms with van der Waals surface area (Å²) in [5.41, 5.74) is 1.31. The predicted molar refractivity (Wildman–Crippen MR) is 131 cm³/mol. The van der Waals surface area contributed by atoms with E-state index < -0.39 is 11.9 Å². The number of carbonyl (C=O) groups is 2. The Morgan fingerprint density at radius 3 is 2.06 bits per heavy atom. The van der Waals surface area contributed by atoms with E-state index in [0.29, 0.717) is 42.6 Å². The third-order valence-electron chi connectivity index (χ3n) is 4.74. The smallest absolute Gasteiger partial charge is 0.343 e. The average molecular weight is 477 g/mol. The SMILES string of the molecule is C=CCOc1ccc(COC(=O)c2cc(OC(=O)c3ccc(OCC)cc3)ccc2OCC)cc1. The zero-order valence-electron chi connectivity index (χ0n) is 19.8. The first-order valence-electron chi connectivity index (χ1n) is 11.3. The minimum absolute atomic E-state index is 0.0579. The maximum Gasteiger partial charge on any atom is 0.343 e.